The minimum Gasteiger partial charge on any atom is -0.345 e. The maximum Gasteiger partial charge on any atom is 0.243 e. The van der Waals surface area contributed by atoms with E-state index in [1.165, 1.54) is 0 Å². The van der Waals surface area contributed by atoms with E-state index in [0.29, 0.717) is 5.02 Å². The van der Waals surface area contributed by atoms with E-state index in [1.54, 1.807) is 11.0 Å². The van der Waals surface area contributed by atoms with Crippen LogP contribution in [-0.2, 0) is 9.59 Å². The number of rotatable bonds is 3. The van der Waals surface area contributed by atoms with Crippen molar-refractivity contribution >= 4 is 23.4 Å². The molecule has 1 fully saturated rings. The molecule has 1 aliphatic rings. The highest BCUT2D eigenvalue weighted by Crippen LogP contribution is 2.28. The van der Waals surface area contributed by atoms with Crippen LogP contribution in [0.1, 0.15) is 32.4 Å². The third-order valence-electron chi connectivity index (χ3n) is 3.65. The Bertz CT molecular complexity index is 530. The Morgan fingerprint density at radius 1 is 1.30 bits per heavy atom. The molecule has 1 aliphatic heterocycles. The number of benzene rings is 1. The minimum absolute atomic E-state index is 0.0564. The average Bonchev–Trinajstić information content (AvgIpc) is 2.40. The Balaban J connectivity index is 2.35. The molecule has 1 aromatic carbocycles. The number of halogens is 1. The molecule has 2 amide bonds. The maximum absolute atomic E-state index is 12.2. The van der Waals surface area contributed by atoms with Gasteiger partial charge in [0.05, 0.1) is 12.6 Å². The van der Waals surface area contributed by atoms with E-state index >= 15 is 0 Å². The van der Waals surface area contributed by atoms with E-state index in [4.69, 9.17) is 11.6 Å². The fraction of sp³-hybridized carbons (Fsp3) is 0.467. The Morgan fingerprint density at radius 2 is 2.00 bits per heavy atom. The summed E-state index contributed by atoms with van der Waals surface area (Å²) in [6.07, 6.45) is 0. The summed E-state index contributed by atoms with van der Waals surface area (Å²) in [6.45, 7) is 5.88. The molecule has 0 spiro atoms. The van der Waals surface area contributed by atoms with Gasteiger partial charge < -0.3 is 10.2 Å². The van der Waals surface area contributed by atoms with E-state index in [1.807, 2.05) is 39.0 Å². The van der Waals surface area contributed by atoms with Gasteiger partial charge in [0.2, 0.25) is 11.8 Å². The van der Waals surface area contributed by atoms with Gasteiger partial charge in [0, 0.05) is 5.02 Å². The standard InChI is InChI=1S/C15H19ClN2O2/c1-9(2)14-15(20)17-8-13(19)18(14)10(3)11-5-4-6-12(16)7-11/h4-7,9-10,14H,8H2,1-3H3,(H,17,20). The van der Waals surface area contributed by atoms with Crippen molar-refractivity contribution in [2.45, 2.75) is 32.9 Å². The molecule has 1 saturated heterocycles. The second kappa shape index (κ2) is 5.83. The zero-order chi connectivity index (χ0) is 14.9. The molecule has 2 atom stereocenters. The zero-order valence-electron chi connectivity index (χ0n) is 11.9. The van der Waals surface area contributed by atoms with Crippen molar-refractivity contribution in [3.05, 3.63) is 34.9 Å². The van der Waals surface area contributed by atoms with E-state index < -0.39 is 6.04 Å². The van der Waals surface area contributed by atoms with Gasteiger partial charge in [0.15, 0.2) is 0 Å². The lowest BCUT2D eigenvalue weighted by atomic mass is 9.95. The van der Waals surface area contributed by atoms with Crippen molar-refractivity contribution in [2.75, 3.05) is 6.54 Å². The largest absolute Gasteiger partial charge is 0.345 e. The van der Waals surface area contributed by atoms with Crippen molar-refractivity contribution in [2.24, 2.45) is 5.92 Å². The molecule has 1 aromatic rings. The minimum atomic E-state index is -0.440. The molecule has 108 valence electrons. The number of nitrogens with one attached hydrogen (secondary N) is 1. The third-order valence-corrected chi connectivity index (χ3v) is 3.89. The van der Waals surface area contributed by atoms with Gasteiger partial charge in [0.1, 0.15) is 6.04 Å². The first-order valence-corrected chi connectivity index (χ1v) is 7.14. The van der Waals surface area contributed by atoms with Crippen LogP contribution in [0, 0.1) is 5.92 Å². The van der Waals surface area contributed by atoms with Crippen LogP contribution in [0.15, 0.2) is 24.3 Å². The van der Waals surface area contributed by atoms with Crippen LogP contribution in [0.2, 0.25) is 5.02 Å². The van der Waals surface area contributed by atoms with Crippen molar-refractivity contribution < 1.29 is 9.59 Å². The van der Waals surface area contributed by atoms with Crippen molar-refractivity contribution in [3.63, 3.8) is 0 Å². The molecular weight excluding hydrogens is 276 g/mol. The summed E-state index contributed by atoms with van der Waals surface area (Å²) in [6, 6.07) is 6.79. The van der Waals surface area contributed by atoms with Gasteiger partial charge in [-0.1, -0.05) is 37.6 Å². The number of carbonyl (C=O) groups is 2. The highest BCUT2D eigenvalue weighted by Gasteiger charge is 2.39. The zero-order valence-corrected chi connectivity index (χ0v) is 12.6. The summed E-state index contributed by atoms with van der Waals surface area (Å²) in [5.74, 6) is -0.0925. The average molecular weight is 295 g/mol. The second-order valence-electron chi connectivity index (χ2n) is 5.44. The third kappa shape index (κ3) is 2.80. The SMILES string of the molecule is CC(C)C1C(=O)NCC(=O)N1C(C)c1cccc(Cl)c1. The van der Waals surface area contributed by atoms with Crippen LogP contribution in [0.3, 0.4) is 0 Å². The molecule has 0 aromatic heterocycles. The van der Waals surface area contributed by atoms with E-state index in [2.05, 4.69) is 5.32 Å². The molecule has 0 aliphatic carbocycles. The van der Waals surface area contributed by atoms with Gasteiger partial charge >= 0.3 is 0 Å². The number of nitrogens with zero attached hydrogens (tertiary/aromatic N) is 1. The Morgan fingerprint density at radius 3 is 2.60 bits per heavy atom. The molecule has 0 radical (unpaired) electrons. The van der Waals surface area contributed by atoms with E-state index in [9.17, 15) is 9.59 Å². The first kappa shape index (κ1) is 14.9. The summed E-state index contributed by atoms with van der Waals surface area (Å²) in [5, 5.41) is 3.28. The first-order valence-electron chi connectivity index (χ1n) is 6.76. The number of piperazine rings is 1. The van der Waals surface area contributed by atoms with Gasteiger partial charge in [-0.25, -0.2) is 0 Å². The maximum atomic E-state index is 12.2. The molecule has 1 N–H and O–H groups in total. The number of carbonyl (C=O) groups excluding carboxylic acids is 2. The molecule has 20 heavy (non-hydrogen) atoms. The monoisotopic (exact) mass is 294 g/mol. The van der Waals surface area contributed by atoms with Crippen LogP contribution in [-0.4, -0.2) is 29.3 Å². The smallest absolute Gasteiger partial charge is 0.243 e. The fourth-order valence-electron chi connectivity index (χ4n) is 2.65. The number of hydrogen-bond acceptors (Lipinski definition) is 2. The summed E-state index contributed by atoms with van der Waals surface area (Å²) in [4.78, 5) is 26.0. The lowest BCUT2D eigenvalue weighted by Crippen LogP contribution is -2.60. The quantitative estimate of drug-likeness (QED) is 0.930. The molecule has 5 heteroatoms. The van der Waals surface area contributed by atoms with Gasteiger partial charge in [-0.3, -0.25) is 9.59 Å². The van der Waals surface area contributed by atoms with Crippen LogP contribution in [0.5, 0.6) is 0 Å². The Hall–Kier alpha value is -1.55. The van der Waals surface area contributed by atoms with Crippen LogP contribution < -0.4 is 5.32 Å². The van der Waals surface area contributed by atoms with Gasteiger partial charge in [-0.15, -0.1) is 0 Å². The fourth-order valence-corrected chi connectivity index (χ4v) is 2.85. The lowest BCUT2D eigenvalue weighted by molar-refractivity contribution is -0.150. The van der Waals surface area contributed by atoms with Crippen LogP contribution >= 0.6 is 11.6 Å². The topological polar surface area (TPSA) is 49.4 Å². The number of hydrogen-bond donors (Lipinski definition) is 1. The summed E-state index contributed by atoms with van der Waals surface area (Å²) >= 11 is 6.01. The van der Waals surface area contributed by atoms with Crippen molar-refractivity contribution in [1.82, 2.24) is 10.2 Å². The lowest BCUT2D eigenvalue weighted by Gasteiger charge is -2.41. The van der Waals surface area contributed by atoms with E-state index in [-0.39, 0.29) is 30.3 Å². The molecule has 1 heterocycles. The van der Waals surface area contributed by atoms with E-state index in [0.717, 1.165) is 5.56 Å². The summed E-state index contributed by atoms with van der Waals surface area (Å²) in [5.41, 5.74) is 0.936. The van der Waals surface area contributed by atoms with Crippen molar-refractivity contribution in [3.8, 4) is 0 Å². The van der Waals surface area contributed by atoms with Crippen LogP contribution in [0.4, 0.5) is 0 Å². The summed E-state index contributed by atoms with van der Waals surface area (Å²) in [7, 11) is 0. The highest BCUT2D eigenvalue weighted by molar-refractivity contribution is 6.30. The molecule has 2 unspecified atom stereocenters. The molecule has 0 saturated carbocycles. The Labute approximate surface area is 124 Å². The molecule has 4 nitrogen and oxygen atoms in total. The molecule has 2 rings (SSSR count). The van der Waals surface area contributed by atoms with Gasteiger partial charge in [0.25, 0.3) is 0 Å². The predicted octanol–water partition coefficient (Wildman–Crippen LogP) is 2.38. The van der Waals surface area contributed by atoms with Gasteiger partial charge in [-0.2, -0.15) is 0 Å². The first-order chi connectivity index (χ1) is 9.41. The Kier molecular flexibility index (Phi) is 4.33. The molecular formula is C15H19ClN2O2. The van der Waals surface area contributed by atoms with Crippen LogP contribution in [0.25, 0.3) is 0 Å². The highest BCUT2D eigenvalue weighted by atomic mass is 35.5. The second-order valence-corrected chi connectivity index (χ2v) is 5.88. The number of amides is 2. The normalized spacial score (nSPS) is 21.1. The molecule has 0 bridgehead atoms. The van der Waals surface area contributed by atoms with Crippen molar-refractivity contribution in [1.29, 1.82) is 0 Å². The summed E-state index contributed by atoms with van der Waals surface area (Å²) < 4.78 is 0. The predicted molar refractivity (Wildman–Crippen MR) is 78.3 cm³/mol. The van der Waals surface area contributed by atoms with Gasteiger partial charge in [-0.05, 0) is 30.5 Å².